The van der Waals surface area contributed by atoms with E-state index < -0.39 is 0 Å². The first-order valence-electron chi connectivity index (χ1n) is 9.30. The monoisotopic (exact) mass is 396 g/mol. The molecule has 2 N–H and O–H groups in total. The molecule has 1 aliphatic heterocycles. The molecule has 0 saturated heterocycles. The summed E-state index contributed by atoms with van der Waals surface area (Å²) in [5.74, 6) is 0.587. The summed E-state index contributed by atoms with van der Waals surface area (Å²) < 4.78 is 15.6. The quantitative estimate of drug-likeness (QED) is 0.548. The van der Waals surface area contributed by atoms with Crippen LogP contribution in [0.25, 0.3) is 5.57 Å². The first kappa shape index (κ1) is 20.3. The van der Waals surface area contributed by atoms with Crippen molar-refractivity contribution in [3.63, 3.8) is 0 Å². The zero-order valence-corrected chi connectivity index (χ0v) is 16.9. The molecule has 2 aromatic rings. The normalized spacial score (nSPS) is 14.8. The summed E-state index contributed by atoms with van der Waals surface area (Å²) in [6, 6.07) is 10.4. The molecule has 0 saturated carbocycles. The molecule has 0 spiro atoms. The number of nitrogens with one attached hydrogen (secondary N) is 2. The van der Waals surface area contributed by atoms with Crippen molar-refractivity contribution in [1.29, 1.82) is 0 Å². The molecule has 1 atom stereocenters. The van der Waals surface area contributed by atoms with Gasteiger partial charge in [-0.05, 0) is 50.3 Å². The molecule has 1 amide bonds. The van der Waals surface area contributed by atoms with Crippen LogP contribution in [0.4, 0.5) is 11.4 Å². The summed E-state index contributed by atoms with van der Waals surface area (Å²) in [4.78, 5) is 24.2. The first-order valence-corrected chi connectivity index (χ1v) is 9.30. The van der Waals surface area contributed by atoms with E-state index in [2.05, 4.69) is 10.6 Å². The summed E-state index contributed by atoms with van der Waals surface area (Å²) in [6.07, 6.45) is 1.85. The maximum atomic E-state index is 12.5. The van der Waals surface area contributed by atoms with Crippen molar-refractivity contribution in [2.45, 2.75) is 19.9 Å². The summed E-state index contributed by atoms with van der Waals surface area (Å²) in [5, 5.41) is 6.16. The molecular formula is C22H24N2O5. The van der Waals surface area contributed by atoms with Crippen LogP contribution in [0.5, 0.6) is 11.5 Å². The van der Waals surface area contributed by atoms with Crippen molar-refractivity contribution in [3.8, 4) is 11.5 Å². The summed E-state index contributed by atoms with van der Waals surface area (Å²) in [5.41, 5.74) is 3.33. The van der Waals surface area contributed by atoms with Crippen LogP contribution in [0.15, 0.2) is 42.5 Å². The molecule has 0 aromatic heterocycles. The standard InChI is InChI=1S/C22H24N2O5/c1-5-29-22(26)14-6-8-15(9-7-14)23-13(2)10-17-16-11-19(27-3)20(28-4)12-18(16)24-21(17)25/h6-13,23H,5H2,1-4H3,(H,24,25). The average Bonchev–Trinajstić information content (AvgIpc) is 3.01. The molecule has 3 rings (SSSR count). The lowest BCUT2D eigenvalue weighted by Crippen LogP contribution is -2.14. The van der Waals surface area contributed by atoms with Gasteiger partial charge in [-0.15, -0.1) is 0 Å². The van der Waals surface area contributed by atoms with Crippen molar-refractivity contribution in [2.24, 2.45) is 0 Å². The molecule has 0 bridgehead atoms. The average molecular weight is 396 g/mol. The van der Waals surface area contributed by atoms with E-state index in [0.29, 0.717) is 34.9 Å². The summed E-state index contributed by atoms with van der Waals surface area (Å²) >= 11 is 0. The van der Waals surface area contributed by atoms with Crippen LogP contribution in [0.2, 0.25) is 0 Å². The Kier molecular flexibility index (Phi) is 6.07. The Morgan fingerprint density at radius 3 is 2.41 bits per heavy atom. The van der Waals surface area contributed by atoms with E-state index in [4.69, 9.17) is 14.2 Å². The highest BCUT2D eigenvalue weighted by Gasteiger charge is 2.27. The van der Waals surface area contributed by atoms with Gasteiger partial charge in [-0.1, -0.05) is 0 Å². The van der Waals surface area contributed by atoms with Gasteiger partial charge in [-0.2, -0.15) is 0 Å². The SMILES string of the molecule is CCOC(=O)c1ccc(NC(C)C=C2C(=O)Nc3cc(OC)c(OC)cc32)cc1. The van der Waals surface area contributed by atoms with E-state index >= 15 is 0 Å². The Hall–Kier alpha value is -3.48. The Bertz CT molecular complexity index is 950. The van der Waals surface area contributed by atoms with E-state index in [1.165, 1.54) is 0 Å². The molecule has 7 heteroatoms. The minimum atomic E-state index is -0.349. The Morgan fingerprint density at radius 2 is 1.79 bits per heavy atom. The van der Waals surface area contributed by atoms with Crippen LogP contribution >= 0.6 is 0 Å². The fourth-order valence-corrected chi connectivity index (χ4v) is 3.15. The van der Waals surface area contributed by atoms with Gasteiger partial charge in [0.2, 0.25) is 0 Å². The van der Waals surface area contributed by atoms with Crippen LogP contribution in [0.1, 0.15) is 29.8 Å². The number of carbonyl (C=O) groups excluding carboxylic acids is 2. The predicted octanol–water partition coefficient (Wildman–Crippen LogP) is 3.72. The number of rotatable bonds is 7. The Morgan fingerprint density at radius 1 is 1.14 bits per heavy atom. The van der Waals surface area contributed by atoms with Crippen molar-refractivity contribution >= 4 is 28.8 Å². The number of amides is 1. The molecule has 0 aliphatic carbocycles. The van der Waals surface area contributed by atoms with Crippen molar-refractivity contribution in [1.82, 2.24) is 0 Å². The van der Waals surface area contributed by atoms with Crippen molar-refractivity contribution < 1.29 is 23.8 Å². The lowest BCUT2D eigenvalue weighted by atomic mass is 10.0. The maximum absolute atomic E-state index is 12.5. The number of esters is 1. The minimum Gasteiger partial charge on any atom is -0.493 e. The molecule has 152 valence electrons. The third kappa shape index (κ3) is 4.34. The van der Waals surface area contributed by atoms with E-state index in [1.807, 2.05) is 13.0 Å². The third-order valence-corrected chi connectivity index (χ3v) is 4.51. The van der Waals surface area contributed by atoms with Gasteiger partial charge in [0.05, 0.1) is 32.1 Å². The van der Waals surface area contributed by atoms with Gasteiger partial charge in [-0.3, -0.25) is 4.79 Å². The van der Waals surface area contributed by atoms with Gasteiger partial charge in [0.15, 0.2) is 11.5 Å². The van der Waals surface area contributed by atoms with Crippen LogP contribution in [0, 0.1) is 0 Å². The Balaban J connectivity index is 1.79. The second kappa shape index (κ2) is 8.68. The van der Waals surface area contributed by atoms with Gasteiger partial charge >= 0.3 is 5.97 Å². The molecule has 1 heterocycles. The van der Waals surface area contributed by atoms with Gasteiger partial charge in [0.25, 0.3) is 5.91 Å². The lowest BCUT2D eigenvalue weighted by Gasteiger charge is -2.13. The highest BCUT2D eigenvalue weighted by molar-refractivity contribution is 6.31. The number of carbonyl (C=O) groups is 2. The molecular weight excluding hydrogens is 372 g/mol. The molecule has 0 radical (unpaired) electrons. The molecule has 7 nitrogen and oxygen atoms in total. The second-order valence-corrected chi connectivity index (χ2v) is 6.52. The van der Waals surface area contributed by atoms with E-state index in [1.54, 1.807) is 57.5 Å². The predicted molar refractivity (Wildman–Crippen MR) is 112 cm³/mol. The van der Waals surface area contributed by atoms with Crippen LogP contribution in [-0.4, -0.2) is 38.7 Å². The van der Waals surface area contributed by atoms with Crippen LogP contribution in [-0.2, 0) is 9.53 Å². The highest BCUT2D eigenvalue weighted by atomic mass is 16.5. The first-order chi connectivity index (χ1) is 14.0. The van der Waals surface area contributed by atoms with E-state index in [9.17, 15) is 9.59 Å². The Labute approximate surface area is 169 Å². The van der Waals surface area contributed by atoms with Gasteiger partial charge < -0.3 is 24.8 Å². The zero-order chi connectivity index (χ0) is 21.0. The van der Waals surface area contributed by atoms with Gasteiger partial charge in [0.1, 0.15) is 0 Å². The van der Waals surface area contributed by atoms with Crippen LogP contribution < -0.4 is 20.1 Å². The largest absolute Gasteiger partial charge is 0.493 e. The number of hydrogen-bond acceptors (Lipinski definition) is 6. The van der Waals surface area contributed by atoms with E-state index in [0.717, 1.165) is 11.3 Å². The molecule has 1 aliphatic rings. The number of benzene rings is 2. The van der Waals surface area contributed by atoms with Gasteiger partial charge in [0, 0.05) is 28.9 Å². The smallest absolute Gasteiger partial charge is 0.338 e. The van der Waals surface area contributed by atoms with Gasteiger partial charge in [-0.25, -0.2) is 4.79 Å². The third-order valence-electron chi connectivity index (χ3n) is 4.51. The lowest BCUT2D eigenvalue weighted by molar-refractivity contribution is -0.110. The fourth-order valence-electron chi connectivity index (χ4n) is 3.15. The molecule has 1 unspecified atom stereocenters. The highest BCUT2D eigenvalue weighted by Crippen LogP contribution is 2.40. The molecule has 29 heavy (non-hydrogen) atoms. The van der Waals surface area contributed by atoms with Crippen molar-refractivity contribution in [3.05, 3.63) is 53.6 Å². The topological polar surface area (TPSA) is 85.9 Å². The molecule has 0 fully saturated rings. The fraction of sp³-hybridized carbons (Fsp3) is 0.273. The maximum Gasteiger partial charge on any atom is 0.338 e. The van der Waals surface area contributed by atoms with Crippen molar-refractivity contribution in [2.75, 3.05) is 31.5 Å². The second-order valence-electron chi connectivity index (χ2n) is 6.52. The number of anilines is 2. The van der Waals surface area contributed by atoms with E-state index in [-0.39, 0.29) is 17.9 Å². The number of hydrogen-bond donors (Lipinski definition) is 2. The molecule has 2 aromatic carbocycles. The summed E-state index contributed by atoms with van der Waals surface area (Å²) in [7, 11) is 3.11. The van der Waals surface area contributed by atoms with Crippen LogP contribution in [0.3, 0.4) is 0 Å². The number of fused-ring (bicyclic) bond motifs is 1. The zero-order valence-electron chi connectivity index (χ0n) is 16.9. The number of ether oxygens (including phenoxy) is 3. The number of methoxy groups -OCH3 is 2. The summed E-state index contributed by atoms with van der Waals surface area (Å²) in [6.45, 7) is 4.05. The minimum absolute atomic E-state index is 0.136.